The van der Waals surface area contributed by atoms with Gasteiger partial charge in [-0.15, -0.1) is 0 Å². The number of hydrogen-bond acceptors (Lipinski definition) is 2. The van der Waals surface area contributed by atoms with Gasteiger partial charge in [0.15, 0.2) is 5.96 Å². The van der Waals surface area contributed by atoms with Crippen LogP contribution in [0.5, 0.6) is 0 Å². The Labute approximate surface area is 135 Å². The van der Waals surface area contributed by atoms with Gasteiger partial charge in [-0.25, -0.2) is 0 Å². The fourth-order valence-corrected chi connectivity index (χ4v) is 2.90. The summed E-state index contributed by atoms with van der Waals surface area (Å²) < 4.78 is 5.57. The summed E-state index contributed by atoms with van der Waals surface area (Å²) in [5.41, 5.74) is 0.961. The summed E-state index contributed by atoms with van der Waals surface area (Å²) >= 11 is 12.3. The van der Waals surface area contributed by atoms with Gasteiger partial charge in [-0.2, -0.15) is 0 Å². The van der Waals surface area contributed by atoms with Crippen LogP contribution in [0, 0.1) is 0 Å². The fourth-order valence-electron chi connectivity index (χ4n) is 2.31. The van der Waals surface area contributed by atoms with Crippen LogP contribution >= 0.6 is 23.2 Å². The molecule has 21 heavy (non-hydrogen) atoms. The molecule has 1 aliphatic rings. The Morgan fingerprint density at radius 2 is 2.10 bits per heavy atom. The molecule has 0 saturated carbocycles. The molecule has 1 aliphatic heterocycles. The van der Waals surface area contributed by atoms with Gasteiger partial charge >= 0.3 is 0 Å². The third kappa shape index (κ3) is 5.06. The molecule has 0 spiro atoms. The Balaban J connectivity index is 1.75. The number of hydrogen-bond donors (Lipinski definition) is 2. The molecule has 0 radical (unpaired) electrons. The van der Waals surface area contributed by atoms with Gasteiger partial charge in [-0.3, -0.25) is 4.99 Å². The highest BCUT2D eigenvalue weighted by molar-refractivity contribution is 6.35. The first-order valence-electron chi connectivity index (χ1n) is 7.19. The first-order valence-corrected chi connectivity index (χ1v) is 7.95. The molecular weight excluding hydrogens is 309 g/mol. The lowest BCUT2D eigenvalue weighted by molar-refractivity contribution is 0.114. The Bertz CT molecular complexity index is 468. The molecule has 1 aromatic carbocycles. The topological polar surface area (TPSA) is 45.7 Å². The summed E-state index contributed by atoms with van der Waals surface area (Å²) in [6.45, 7) is 2.37. The third-order valence-electron chi connectivity index (χ3n) is 3.47. The third-order valence-corrected chi connectivity index (χ3v) is 4.18. The average Bonchev–Trinajstić information content (AvgIpc) is 2.98. The molecule has 2 rings (SSSR count). The van der Waals surface area contributed by atoms with E-state index in [0.29, 0.717) is 22.7 Å². The van der Waals surface area contributed by atoms with E-state index in [9.17, 15) is 0 Å². The number of nitrogens with one attached hydrogen (secondary N) is 2. The van der Waals surface area contributed by atoms with Gasteiger partial charge in [0.05, 0.1) is 6.10 Å². The van der Waals surface area contributed by atoms with Crippen molar-refractivity contribution in [3.8, 4) is 0 Å². The summed E-state index contributed by atoms with van der Waals surface area (Å²) in [6.07, 6.45) is 3.29. The van der Waals surface area contributed by atoms with Crippen molar-refractivity contribution in [2.75, 3.05) is 26.7 Å². The van der Waals surface area contributed by atoms with Crippen LogP contribution in [0.15, 0.2) is 23.2 Å². The molecule has 0 bridgehead atoms. The highest BCUT2D eigenvalue weighted by atomic mass is 35.5. The Kier molecular flexibility index (Phi) is 6.61. The van der Waals surface area contributed by atoms with Crippen molar-refractivity contribution in [1.82, 2.24) is 10.6 Å². The summed E-state index contributed by atoms with van der Waals surface area (Å²) in [5, 5.41) is 7.94. The molecule has 1 saturated heterocycles. The first-order chi connectivity index (χ1) is 10.2. The molecular formula is C15H21Cl2N3O. The van der Waals surface area contributed by atoms with E-state index in [1.54, 1.807) is 7.05 Å². The largest absolute Gasteiger partial charge is 0.376 e. The second-order valence-corrected chi connectivity index (χ2v) is 5.78. The van der Waals surface area contributed by atoms with Crippen molar-refractivity contribution in [2.45, 2.75) is 25.4 Å². The van der Waals surface area contributed by atoms with Crippen molar-refractivity contribution < 1.29 is 4.74 Å². The Hall–Kier alpha value is -0.970. The summed E-state index contributed by atoms with van der Waals surface area (Å²) in [4.78, 5) is 4.20. The number of ether oxygens (including phenoxy) is 1. The van der Waals surface area contributed by atoms with E-state index in [2.05, 4.69) is 15.6 Å². The molecule has 1 aromatic rings. The van der Waals surface area contributed by atoms with E-state index in [1.165, 1.54) is 0 Å². The molecule has 0 aromatic heterocycles. The number of nitrogens with zero attached hydrogens (tertiary/aromatic N) is 1. The van der Waals surface area contributed by atoms with E-state index >= 15 is 0 Å². The molecule has 0 aliphatic carbocycles. The minimum absolute atomic E-state index is 0.293. The van der Waals surface area contributed by atoms with Crippen LogP contribution in [0.1, 0.15) is 18.4 Å². The number of halogens is 2. The molecule has 1 unspecified atom stereocenters. The van der Waals surface area contributed by atoms with Crippen molar-refractivity contribution in [3.63, 3.8) is 0 Å². The first kappa shape index (κ1) is 16.4. The molecule has 0 amide bonds. The van der Waals surface area contributed by atoms with Crippen LogP contribution in [0.2, 0.25) is 10.0 Å². The zero-order valence-corrected chi connectivity index (χ0v) is 13.7. The van der Waals surface area contributed by atoms with Crippen molar-refractivity contribution in [2.24, 2.45) is 4.99 Å². The van der Waals surface area contributed by atoms with Gasteiger partial charge in [0, 0.05) is 36.8 Å². The molecule has 6 heteroatoms. The second kappa shape index (κ2) is 8.47. The van der Waals surface area contributed by atoms with Gasteiger partial charge in [-0.1, -0.05) is 29.3 Å². The number of benzene rings is 1. The smallest absolute Gasteiger partial charge is 0.191 e. The molecule has 2 N–H and O–H groups in total. The SMILES string of the molecule is CN=C(NCCc1c(Cl)cccc1Cl)NCC1CCCO1. The van der Waals surface area contributed by atoms with Crippen LogP contribution in [0.4, 0.5) is 0 Å². The monoisotopic (exact) mass is 329 g/mol. The van der Waals surface area contributed by atoms with Gasteiger partial charge in [-0.05, 0) is 37.0 Å². The van der Waals surface area contributed by atoms with Gasteiger partial charge in [0.2, 0.25) is 0 Å². The predicted octanol–water partition coefficient (Wildman–Crippen LogP) is 2.88. The highest BCUT2D eigenvalue weighted by Crippen LogP contribution is 2.24. The molecule has 1 fully saturated rings. The molecule has 4 nitrogen and oxygen atoms in total. The minimum atomic E-state index is 0.293. The summed E-state index contributed by atoms with van der Waals surface area (Å²) in [7, 11) is 1.76. The lowest BCUT2D eigenvalue weighted by atomic mass is 10.1. The van der Waals surface area contributed by atoms with Crippen LogP contribution in [-0.4, -0.2) is 38.8 Å². The number of guanidine groups is 1. The van der Waals surface area contributed by atoms with Crippen LogP contribution in [-0.2, 0) is 11.2 Å². The molecule has 1 atom stereocenters. The lowest BCUT2D eigenvalue weighted by Gasteiger charge is -2.15. The van der Waals surface area contributed by atoms with Gasteiger partial charge in [0.25, 0.3) is 0 Å². The van der Waals surface area contributed by atoms with Crippen molar-refractivity contribution >= 4 is 29.2 Å². The lowest BCUT2D eigenvalue weighted by Crippen LogP contribution is -2.41. The summed E-state index contributed by atoms with van der Waals surface area (Å²) in [5.74, 6) is 0.772. The fraction of sp³-hybridized carbons (Fsp3) is 0.533. The summed E-state index contributed by atoms with van der Waals surface area (Å²) in [6, 6.07) is 5.56. The molecule has 1 heterocycles. The van der Waals surface area contributed by atoms with Crippen molar-refractivity contribution in [3.05, 3.63) is 33.8 Å². The Morgan fingerprint density at radius 1 is 1.33 bits per heavy atom. The van der Waals surface area contributed by atoms with Crippen LogP contribution in [0.3, 0.4) is 0 Å². The zero-order valence-electron chi connectivity index (χ0n) is 12.2. The van der Waals surface area contributed by atoms with Gasteiger partial charge in [0.1, 0.15) is 0 Å². The van der Waals surface area contributed by atoms with Crippen molar-refractivity contribution in [1.29, 1.82) is 0 Å². The Morgan fingerprint density at radius 3 is 2.71 bits per heavy atom. The van der Waals surface area contributed by atoms with Gasteiger partial charge < -0.3 is 15.4 Å². The zero-order chi connectivity index (χ0) is 15.1. The maximum atomic E-state index is 6.15. The van der Waals surface area contributed by atoms with Crippen LogP contribution < -0.4 is 10.6 Å². The van der Waals surface area contributed by atoms with Crippen LogP contribution in [0.25, 0.3) is 0 Å². The molecule has 116 valence electrons. The van der Waals surface area contributed by atoms with E-state index in [1.807, 2.05) is 18.2 Å². The van der Waals surface area contributed by atoms with E-state index < -0.39 is 0 Å². The van der Waals surface area contributed by atoms with E-state index in [-0.39, 0.29) is 0 Å². The van der Waals surface area contributed by atoms with E-state index in [4.69, 9.17) is 27.9 Å². The predicted molar refractivity (Wildman–Crippen MR) is 88.5 cm³/mol. The maximum absolute atomic E-state index is 6.15. The second-order valence-electron chi connectivity index (χ2n) is 4.97. The highest BCUT2D eigenvalue weighted by Gasteiger charge is 2.15. The van der Waals surface area contributed by atoms with E-state index in [0.717, 1.165) is 43.9 Å². The maximum Gasteiger partial charge on any atom is 0.191 e. The number of aliphatic imine (C=N–C) groups is 1. The minimum Gasteiger partial charge on any atom is -0.376 e. The average molecular weight is 330 g/mol. The number of rotatable bonds is 5. The quantitative estimate of drug-likeness (QED) is 0.645. The normalized spacial score (nSPS) is 18.8. The standard InChI is InChI=1S/C15H21Cl2N3O/c1-18-15(20-10-11-4-3-9-21-11)19-8-7-12-13(16)5-2-6-14(12)17/h2,5-6,11H,3-4,7-10H2,1H3,(H2,18,19,20).